The highest BCUT2D eigenvalue weighted by molar-refractivity contribution is 6.12. The first-order valence-electron chi connectivity index (χ1n) is 9.11. The Kier molecular flexibility index (Phi) is 3.28. The molecular weight excluding hydrogens is 334 g/mol. The first-order chi connectivity index (χ1) is 13.0. The lowest BCUT2D eigenvalue weighted by Crippen LogP contribution is -1.98. The van der Waals surface area contributed by atoms with Crippen LogP contribution in [0.15, 0.2) is 48.8 Å². The summed E-state index contributed by atoms with van der Waals surface area (Å²) in [4.78, 5) is 3.66. The minimum Gasteiger partial charge on any atom is -0.351 e. The first-order valence-corrected chi connectivity index (χ1v) is 9.11. The molecule has 134 valence electrons. The third-order valence-corrected chi connectivity index (χ3v) is 5.00. The van der Waals surface area contributed by atoms with Crippen molar-refractivity contribution in [2.24, 2.45) is 0 Å². The second-order valence-electron chi connectivity index (χ2n) is 7.34. The number of nitrogens with one attached hydrogen (secondary N) is 1. The van der Waals surface area contributed by atoms with E-state index in [2.05, 4.69) is 53.3 Å². The molecule has 0 aliphatic rings. The summed E-state index contributed by atoms with van der Waals surface area (Å²) in [5.41, 5.74) is 8.75. The number of rotatable bonds is 2. The van der Waals surface area contributed by atoms with Gasteiger partial charge in [0.2, 0.25) is 0 Å². The van der Waals surface area contributed by atoms with Crippen LogP contribution in [0, 0.1) is 27.7 Å². The molecule has 3 aromatic heterocycles. The highest BCUT2D eigenvalue weighted by atomic mass is 15.3. The minimum absolute atomic E-state index is 1.00. The molecule has 0 bridgehead atoms. The summed E-state index contributed by atoms with van der Waals surface area (Å²) in [6.45, 7) is 8.28. The van der Waals surface area contributed by atoms with Gasteiger partial charge in [-0.2, -0.15) is 10.2 Å². The average Bonchev–Trinajstić information content (AvgIpc) is 3.33. The molecule has 2 aromatic carbocycles. The first kappa shape index (κ1) is 15.9. The second kappa shape index (κ2) is 5.58. The zero-order valence-corrected chi connectivity index (χ0v) is 15.9. The number of fused-ring (bicyclic) bond motifs is 3. The van der Waals surface area contributed by atoms with Crippen molar-refractivity contribution in [2.45, 2.75) is 27.7 Å². The van der Waals surface area contributed by atoms with E-state index in [1.54, 1.807) is 0 Å². The number of aryl methyl sites for hydroxylation is 4. The molecule has 0 aliphatic heterocycles. The van der Waals surface area contributed by atoms with Crippen molar-refractivity contribution in [3.05, 3.63) is 71.3 Å². The highest BCUT2D eigenvalue weighted by Crippen LogP contribution is 2.34. The van der Waals surface area contributed by atoms with Crippen LogP contribution in [-0.4, -0.2) is 24.5 Å². The van der Waals surface area contributed by atoms with Gasteiger partial charge in [-0.05, 0) is 75.2 Å². The van der Waals surface area contributed by atoms with Crippen LogP contribution < -0.4 is 0 Å². The van der Waals surface area contributed by atoms with Crippen LogP contribution in [-0.2, 0) is 0 Å². The van der Waals surface area contributed by atoms with Crippen LogP contribution in [0.5, 0.6) is 0 Å². The third-order valence-electron chi connectivity index (χ3n) is 5.00. The summed E-state index contributed by atoms with van der Waals surface area (Å²) in [6.07, 6.45) is 4.02. The third kappa shape index (κ3) is 2.46. The Morgan fingerprint density at radius 2 is 1.11 bits per heavy atom. The van der Waals surface area contributed by atoms with Gasteiger partial charge in [0.15, 0.2) is 0 Å². The van der Waals surface area contributed by atoms with Crippen molar-refractivity contribution in [3.8, 4) is 11.4 Å². The molecule has 0 saturated heterocycles. The number of nitrogens with zero attached hydrogens (tertiary/aromatic N) is 4. The molecular formula is C22H21N5. The van der Waals surface area contributed by atoms with E-state index in [9.17, 15) is 0 Å². The van der Waals surface area contributed by atoms with Crippen molar-refractivity contribution >= 4 is 21.8 Å². The van der Waals surface area contributed by atoms with Crippen LogP contribution >= 0.6 is 0 Å². The van der Waals surface area contributed by atoms with Gasteiger partial charge in [-0.25, -0.2) is 9.36 Å². The Hall–Kier alpha value is -3.34. The SMILES string of the molecule is Cc1cc(-n2ccc(C)n2)c2[nH]c3c(-n4ccc(C)n4)cc(C)cc3c2c1. The van der Waals surface area contributed by atoms with E-state index >= 15 is 0 Å². The number of aromatic nitrogens is 5. The van der Waals surface area contributed by atoms with Gasteiger partial charge in [0.1, 0.15) is 0 Å². The van der Waals surface area contributed by atoms with Crippen LogP contribution in [0.25, 0.3) is 33.2 Å². The van der Waals surface area contributed by atoms with Crippen molar-refractivity contribution < 1.29 is 0 Å². The Balaban J connectivity index is 1.90. The molecule has 3 heterocycles. The van der Waals surface area contributed by atoms with Crippen LogP contribution in [0.2, 0.25) is 0 Å². The zero-order chi connectivity index (χ0) is 18.7. The molecule has 0 fully saturated rings. The summed E-state index contributed by atoms with van der Waals surface area (Å²) in [6, 6.07) is 12.9. The fourth-order valence-electron chi connectivity index (χ4n) is 3.81. The van der Waals surface area contributed by atoms with Gasteiger partial charge in [0, 0.05) is 23.2 Å². The van der Waals surface area contributed by atoms with Gasteiger partial charge in [0.05, 0.1) is 33.8 Å². The van der Waals surface area contributed by atoms with Crippen molar-refractivity contribution in [2.75, 3.05) is 0 Å². The molecule has 0 unspecified atom stereocenters. The molecule has 5 heteroatoms. The summed E-state index contributed by atoms with van der Waals surface area (Å²) < 4.78 is 3.90. The predicted octanol–water partition coefficient (Wildman–Crippen LogP) is 4.93. The van der Waals surface area contributed by atoms with Gasteiger partial charge >= 0.3 is 0 Å². The Morgan fingerprint density at radius 3 is 1.48 bits per heavy atom. The lowest BCUT2D eigenvalue weighted by Gasteiger charge is -2.05. The van der Waals surface area contributed by atoms with E-state index in [4.69, 9.17) is 0 Å². The van der Waals surface area contributed by atoms with Crippen molar-refractivity contribution in [1.29, 1.82) is 0 Å². The van der Waals surface area contributed by atoms with E-state index in [1.165, 1.54) is 21.9 Å². The monoisotopic (exact) mass is 355 g/mol. The molecule has 1 N–H and O–H groups in total. The number of aromatic amines is 1. The van der Waals surface area contributed by atoms with Crippen molar-refractivity contribution in [3.63, 3.8) is 0 Å². The molecule has 27 heavy (non-hydrogen) atoms. The maximum atomic E-state index is 4.62. The fraction of sp³-hybridized carbons (Fsp3) is 0.182. The van der Waals surface area contributed by atoms with E-state index in [0.717, 1.165) is 33.8 Å². The topological polar surface area (TPSA) is 51.4 Å². The highest BCUT2D eigenvalue weighted by Gasteiger charge is 2.15. The van der Waals surface area contributed by atoms with Crippen LogP contribution in [0.3, 0.4) is 0 Å². The molecule has 5 nitrogen and oxygen atoms in total. The molecule has 5 aromatic rings. The van der Waals surface area contributed by atoms with Gasteiger partial charge in [0.25, 0.3) is 0 Å². The lowest BCUT2D eigenvalue weighted by atomic mass is 10.1. The zero-order valence-electron chi connectivity index (χ0n) is 15.9. The fourth-order valence-corrected chi connectivity index (χ4v) is 3.81. The van der Waals surface area contributed by atoms with Crippen LogP contribution in [0.1, 0.15) is 22.5 Å². The largest absolute Gasteiger partial charge is 0.351 e. The quantitative estimate of drug-likeness (QED) is 0.488. The van der Waals surface area contributed by atoms with Crippen molar-refractivity contribution in [1.82, 2.24) is 24.5 Å². The maximum absolute atomic E-state index is 4.62. The van der Waals surface area contributed by atoms with E-state index in [0.29, 0.717) is 0 Å². The molecule has 0 aliphatic carbocycles. The second-order valence-corrected chi connectivity index (χ2v) is 7.34. The molecule has 0 radical (unpaired) electrons. The summed E-state index contributed by atoms with van der Waals surface area (Å²) >= 11 is 0. The molecule has 0 amide bonds. The Bertz CT molecular complexity index is 1220. The minimum atomic E-state index is 1.00. The van der Waals surface area contributed by atoms with Crippen LogP contribution in [0.4, 0.5) is 0 Å². The van der Waals surface area contributed by atoms with Gasteiger partial charge in [-0.1, -0.05) is 0 Å². The summed E-state index contributed by atoms with van der Waals surface area (Å²) in [5.74, 6) is 0. The number of hydrogen-bond donors (Lipinski definition) is 1. The summed E-state index contributed by atoms with van der Waals surface area (Å²) in [7, 11) is 0. The standard InChI is InChI=1S/C22H21N5/c1-13-9-17-18-10-14(2)12-20(27-8-6-16(4)25-27)22(18)23-21(17)19(11-13)26-7-5-15(3)24-26/h5-12,23H,1-4H3. The average molecular weight is 355 g/mol. The van der Waals surface area contributed by atoms with E-state index in [1.807, 2.05) is 47.7 Å². The number of H-pyrrole nitrogens is 1. The van der Waals surface area contributed by atoms with E-state index < -0.39 is 0 Å². The smallest absolute Gasteiger partial charge is 0.0889 e. The molecule has 5 rings (SSSR count). The maximum Gasteiger partial charge on any atom is 0.0889 e. The Morgan fingerprint density at radius 1 is 0.667 bits per heavy atom. The van der Waals surface area contributed by atoms with Gasteiger partial charge < -0.3 is 4.98 Å². The normalized spacial score (nSPS) is 11.7. The van der Waals surface area contributed by atoms with Gasteiger partial charge in [-0.15, -0.1) is 0 Å². The molecule has 0 spiro atoms. The lowest BCUT2D eigenvalue weighted by molar-refractivity contribution is 0.863. The Labute approximate surface area is 157 Å². The molecule has 0 atom stereocenters. The summed E-state index contributed by atoms with van der Waals surface area (Å²) in [5, 5.41) is 11.7. The predicted molar refractivity (Wildman–Crippen MR) is 109 cm³/mol. The number of benzene rings is 2. The number of hydrogen-bond acceptors (Lipinski definition) is 2. The van der Waals surface area contributed by atoms with Gasteiger partial charge in [-0.3, -0.25) is 0 Å². The van der Waals surface area contributed by atoms with E-state index in [-0.39, 0.29) is 0 Å². The molecule has 0 saturated carbocycles.